The summed E-state index contributed by atoms with van der Waals surface area (Å²) in [6, 6.07) is 0.638. The Kier molecular flexibility index (Phi) is 5.74. The zero-order chi connectivity index (χ0) is 11.9. The third-order valence-corrected chi connectivity index (χ3v) is 5.35. The lowest BCUT2D eigenvalue weighted by Gasteiger charge is -2.15. The Morgan fingerprint density at radius 1 is 1.41 bits per heavy atom. The second kappa shape index (κ2) is 7.34. The van der Waals surface area contributed by atoms with Gasteiger partial charge in [0.15, 0.2) is 0 Å². The zero-order valence-corrected chi connectivity index (χ0v) is 12.0. The minimum absolute atomic E-state index is 0.638. The Morgan fingerprint density at radius 3 is 2.88 bits per heavy atom. The van der Waals surface area contributed by atoms with Crippen molar-refractivity contribution >= 4 is 23.5 Å². The molecule has 1 aromatic rings. The van der Waals surface area contributed by atoms with E-state index in [4.69, 9.17) is 0 Å². The molecule has 1 saturated heterocycles. The molecule has 2 rings (SSSR count). The lowest BCUT2D eigenvalue weighted by Crippen LogP contribution is -2.33. The molecule has 0 unspecified atom stereocenters. The quantitative estimate of drug-likeness (QED) is 0.889. The van der Waals surface area contributed by atoms with Crippen molar-refractivity contribution in [2.45, 2.75) is 32.5 Å². The van der Waals surface area contributed by atoms with Crippen molar-refractivity contribution < 1.29 is 0 Å². The van der Waals surface area contributed by atoms with Crippen LogP contribution in [0, 0.1) is 0 Å². The van der Waals surface area contributed by atoms with Crippen LogP contribution in [0.2, 0.25) is 0 Å². The van der Waals surface area contributed by atoms with E-state index < -0.39 is 0 Å². The van der Waals surface area contributed by atoms with Gasteiger partial charge in [0.1, 0.15) is 5.82 Å². The van der Waals surface area contributed by atoms with Crippen LogP contribution in [0.1, 0.15) is 19.2 Å². The number of aromatic nitrogens is 2. The molecule has 0 amide bonds. The molecular formula is C12H21N3S2. The molecule has 0 spiro atoms. The molecule has 0 radical (unpaired) electrons. The first kappa shape index (κ1) is 13.3. The van der Waals surface area contributed by atoms with Gasteiger partial charge in [0, 0.05) is 48.0 Å². The van der Waals surface area contributed by atoms with Crippen LogP contribution in [0.5, 0.6) is 0 Å². The number of nitrogens with zero attached hydrogens (tertiary/aromatic N) is 2. The van der Waals surface area contributed by atoms with Gasteiger partial charge in [0.05, 0.1) is 6.54 Å². The maximum atomic E-state index is 4.43. The third kappa shape index (κ3) is 4.23. The van der Waals surface area contributed by atoms with E-state index in [1.807, 2.05) is 6.20 Å². The molecule has 0 aromatic carbocycles. The topological polar surface area (TPSA) is 29.9 Å². The number of hydrogen-bond donors (Lipinski definition) is 1. The van der Waals surface area contributed by atoms with Gasteiger partial charge in [-0.2, -0.15) is 23.5 Å². The normalized spacial score (nSPS) is 18.2. The highest BCUT2D eigenvalue weighted by Crippen LogP contribution is 2.16. The maximum Gasteiger partial charge on any atom is 0.122 e. The van der Waals surface area contributed by atoms with E-state index in [1.165, 1.54) is 35.3 Å². The van der Waals surface area contributed by atoms with Crippen LogP contribution < -0.4 is 5.32 Å². The second-order valence-corrected chi connectivity index (χ2v) is 6.56. The molecule has 1 N–H and O–H groups in total. The molecule has 96 valence electrons. The minimum Gasteiger partial charge on any atom is -0.334 e. The first-order valence-corrected chi connectivity index (χ1v) is 8.60. The Hall–Kier alpha value is -0.130. The predicted octanol–water partition coefficient (Wildman–Crippen LogP) is 2.23. The summed E-state index contributed by atoms with van der Waals surface area (Å²) in [5.41, 5.74) is 0. The number of aryl methyl sites for hydroxylation is 1. The summed E-state index contributed by atoms with van der Waals surface area (Å²) in [7, 11) is 0. The highest BCUT2D eigenvalue weighted by molar-refractivity contribution is 8.03. The first-order chi connectivity index (χ1) is 8.40. The Morgan fingerprint density at radius 2 is 2.18 bits per heavy atom. The molecule has 3 nitrogen and oxygen atoms in total. The largest absolute Gasteiger partial charge is 0.334 e. The van der Waals surface area contributed by atoms with Gasteiger partial charge < -0.3 is 9.88 Å². The van der Waals surface area contributed by atoms with Crippen LogP contribution >= 0.6 is 23.5 Å². The average molecular weight is 271 g/mol. The number of rotatable bonds is 5. The van der Waals surface area contributed by atoms with Gasteiger partial charge in [-0.1, -0.05) is 6.92 Å². The van der Waals surface area contributed by atoms with Crippen molar-refractivity contribution in [2.75, 3.05) is 23.0 Å². The van der Waals surface area contributed by atoms with E-state index in [-0.39, 0.29) is 0 Å². The molecule has 0 bridgehead atoms. The number of nitrogens with one attached hydrogen (secondary N) is 1. The smallest absolute Gasteiger partial charge is 0.122 e. The van der Waals surface area contributed by atoms with Crippen molar-refractivity contribution in [3.05, 3.63) is 18.2 Å². The average Bonchev–Trinajstić information content (AvgIpc) is 2.63. The summed E-state index contributed by atoms with van der Waals surface area (Å²) in [5.74, 6) is 6.25. The third-order valence-electron chi connectivity index (χ3n) is 2.83. The zero-order valence-electron chi connectivity index (χ0n) is 10.4. The van der Waals surface area contributed by atoms with E-state index in [1.54, 1.807) is 0 Å². The van der Waals surface area contributed by atoms with E-state index >= 15 is 0 Å². The lowest BCUT2D eigenvalue weighted by molar-refractivity contribution is 0.550. The SMILES string of the molecule is CCCn1ccnc1CNC1CSCCSC1. The maximum absolute atomic E-state index is 4.43. The fourth-order valence-electron chi connectivity index (χ4n) is 1.92. The standard InChI is InChI=1S/C12H21N3S2/c1-2-4-15-5-3-13-12(15)8-14-11-9-16-6-7-17-10-11/h3,5,11,14H,2,4,6-10H2,1H3. The molecule has 5 heteroatoms. The van der Waals surface area contributed by atoms with E-state index in [0.717, 1.165) is 13.1 Å². The van der Waals surface area contributed by atoms with Crippen molar-refractivity contribution in [3.8, 4) is 0 Å². The van der Waals surface area contributed by atoms with Gasteiger partial charge in [0.2, 0.25) is 0 Å². The molecule has 17 heavy (non-hydrogen) atoms. The second-order valence-electron chi connectivity index (χ2n) is 4.26. The number of hydrogen-bond acceptors (Lipinski definition) is 4. The summed E-state index contributed by atoms with van der Waals surface area (Å²) >= 11 is 4.13. The van der Waals surface area contributed by atoms with Crippen LogP contribution in [0.4, 0.5) is 0 Å². The first-order valence-electron chi connectivity index (χ1n) is 6.29. The van der Waals surface area contributed by atoms with Crippen LogP contribution in [-0.4, -0.2) is 38.6 Å². The Bertz CT molecular complexity index is 319. The molecule has 0 aliphatic carbocycles. The van der Waals surface area contributed by atoms with Crippen molar-refractivity contribution in [1.82, 2.24) is 14.9 Å². The number of imidazole rings is 1. The molecule has 1 fully saturated rings. The fraction of sp³-hybridized carbons (Fsp3) is 0.750. The van der Waals surface area contributed by atoms with Crippen molar-refractivity contribution in [3.63, 3.8) is 0 Å². The Balaban J connectivity index is 1.81. The summed E-state index contributed by atoms with van der Waals surface area (Å²) in [6.07, 6.45) is 5.15. The molecule has 1 aromatic heterocycles. The van der Waals surface area contributed by atoms with Crippen LogP contribution in [0.25, 0.3) is 0 Å². The lowest BCUT2D eigenvalue weighted by atomic mass is 10.4. The molecule has 1 aliphatic heterocycles. The van der Waals surface area contributed by atoms with Crippen molar-refractivity contribution in [1.29, 1.82) is 0 Å². The molecule has 0 saturated carbocycles. The monoisotopic (exact) mass is 271 g/mol. The van der Waals surface area contributed by atoms with Gasteiger partial charge in [-0.05, 0) is 6.42 Å². The predicted molar refractivity (Wildman–Crippen MR) is 77.8 cm³/mol. The summed E-state index contributed by atoms with van der Waals surface area (Å²) in [4.78, 5) is 4.43. The summed E-state index contributed by atoms with van der Waals surface area (Å²) in [6.45, 7) is 4.18. The minimum atomic E-state index is 0.638. The van der Waals surface area contributed by atoms with Gasteiger partial charge in [-0.3, -0.25) is 0 Å². The van der Waals surface area contributed by atoms with E-state index in [0.29, 0.717) is 6.04 Å². The van der Waals surface area contributed by atoms with E-state index in [9.17, 15) is 0 Å². The summed E-state index contributed by atoms with van der Waals surface area (Å²) in [5, 5.41) is 3.64. The highest BCUT2D eigenvalue weighted by Gasteiger charge is 2.13. The van der Waals surface area contributed by atoms with Gasteiger partial charge >= 0.3 is 0 Å². The fourth-order valence-corrected chi connectivity index (χ4v) is 4.39. The Labute approximate surface area is 112 Å². The number of thioether (sulfide) groups is 2. The van der Waals surface area contributed by atoms with Crippen LogP contribution in [0.3, 0.4) is 0 Å². The molecule has 0 atom stereocenters. The molecular weight excluding hydrogens is 250 g/mol. The van der Waals surface area contributed by atoms with Crippen LogP contribution in [0.15, 0.2) is 12.4 Å². The summed E-state index contributed by atoms with van der Waals surface area (Å²) < 4.78 is 2.25. The van der Waals surface area contributed by atoms with Crippen LogP contribution in [-0.2, 0) is 13.1 Å². The van der Waals surface area contributed by atoms with Gasteiger partial charge in [0.25, 0.3) is 0 Å². The van der Waals surface area contributed by atoms with Gasteiger partial charge in [-0.15, -0.1) is 0 Å². The van der Waals surface area contributed by atoms with Gasteiger partial charge in [-0.25, -0.2) is 4.98 Å². The van der Waals surface area contributed by atoms with E-state index in [2.05, 4.69) is 51.5 Å². The molecule has 2 heterocycles. The highest BCUT2D eigenvalue weighted by atomic mass is 32.2. The van der Waals surface area contributed by atoms with Crippen molar-refractivity contribution in [2.24, 2.45) is 0 Å². The molecule has 1 aliphatic rings.